The minimum Gasteiger partial charge on any atom is -0.398 e. The smallest absolute Gasteiger partial charge is 0.398 e. The van der Waals surface area contributed by atoms with Crippen molar-refractivity contribution in [2.75, 3.05) is 5.32 Å². The maximum Gasteiger partial charge on any atom is 0.417 e. The molecule has 0 saturated carbocycles. The number of benzene rings is 1. The Balaban J connectivity index is 1.95. The van der Waals surface area contributed by atoms with E-state index in [2.05, 4.69) is 27.9 Å². The average Bonchev–Trinajstić information content (AvgIpc) is 2.60. The van der Waals surface area contributed by atoms with Crippen LogP contribution in [0.2, 0.25) is 0 Å². The van der Waals surface area contributed by atoms with Gasteiger partial charge in [-0.3, -0.25) is 4.98 Å². The van der Waals surface area contributed by atoms with Crippen LogP contribution < -0.4 is 11.1 Å². The summed E-state index contributed by atoms with van der Waals surface area (Å²) in [6.07, 6.45) is -2.01. The third kappa shape index (κ3) is 3.75. The van der Waals surface area contributed by atoms with Crippen LogP contribution in [0.25, 0.3) is 16.6 Å². The lowest BCUT2D eigenvalue weighted by molar-refractivity contribution is -0.137. The van der Waals surface area contributed by atoms with Crippen LogP contribution in [-0.2, 0) is 6.18 Å². The van der Waals surface area contributed by atoms with Crippen molar-refractivity contribution in [1.82, 2.24) is 9.97 Å². The second-order valence-electron chi connectivity index (χ2n) is 5.64. The monoisotopic (exact) mass is 376 g/mol. The zero-order valence-electron chi connectivity index (χ0n) is 13.7. The number of thiol groups is 1. The molecule has 2 aromatic heterocycles. The third-order valence-electron chi connectivity index (χ3n) is 3.80. The van der Waals surface area contributed by atoms with E-state index in [1.54, 1.807) is 19.2 Å². The SMILES string of the molecule is C/C(S)=C(/N)c1ccc2c(Nc3ccc(C(F)(F)F)cn3)ccnc2c1. The molecular formula is C18H15F3N4S. The van der Waals surface area contributed by atoms with Crippen LogP contribution in [0.1, 0.15) is 18.1 Å². The highest BCUT2D eigenvalue weighted by Gasteiger charge is 2.30. The molecule has 3 N–H and O–H groups in total. The number of hydrogen-bond donors (Lipinski definition) is 3. The molecule has 3 rings (SSSR count). The number of nitrogens with one attached hydrogen (secondary N) is 1. The summed E-state index contributed by atoms with van der Waals surface area (Å²) in [5.74, 6) is 0.306. The van der Waals surface area contributed by atoms with Crippen molar-refractivity contribution < 1.29 is 13.2 Å². The number of anilines is 2. The third-order valence-corrected chi connectivity index (χ3v) is 4.04. The largest absolute Gasteiger partial charge is 0.417 e. The standard InChI is InChI=1S/C18H15F3N4S/c1-10(26)17(22)11-2-4-13-14(6-7-23-15(13)8-11)25-16-5-3-12(9-24-16)18(19,20)21/h2-9,26H,22H2,1H3,(H,23,24,25)/b17-10-. The summed E-state index contributed by atoms with van der Waals surface area (Å²) in [6.45, 7) is 1.80. The maximum absolute atomic E-state index is 12.6. The molecule has 0 amide bonds. The van der Waals surface area contributed by atoms with Gasteiger partial charge in [-0.1, -0.05) is 12.1 Å². The molecule has 0 spiro atoms. The molecule has 0 saturated heterocycles. The number of aromatic nitrogens is 2. The minimum absolute atomic E-state index is 0.306. The fraction of sp³-hybridized carbons (Fsp3) is 0.111. The lowest BCUT2D eigenvalue weighted by Crippen LogP contribution is -2.06. The fourth-order valence-corrected chi connectivity index (χ4v) is 2.54. The Morgan fingerprint density at radius 1 is 1.12 bits per heavy atom. The van der Waals surface area contributed by atoms with Crippen LogP contribution in [0.5, 0.6) is 0 Å². The van der Waals surface area contributed by atoms with Crippen LogP contribution in [-0.4, -0.2) is 9.97 Å². The first-order valence-electron chi connectivity index (χ1n) is 7.60. The first kappa shape index (κ1) is 18.1. The quantitative estimate of drug-likeness (QED) is 0.565. The Morgan fingerprint density at radius 2 is 1.88 bits per heavy atom. The highest BCUT2D eigenvalue weighted by molar-refractivity contribution is 7.84. The molecule has 1 aromatic carbocycles. The van der Waals surface area contributed by atoms with E-state index < -0.39 is 11.7 Å². The molecule has 0 radical (unpaired) electrons. The topological polar surface area (TPSA) is 63.8 Å². The number of halogens is 3. The number of alkyl halides is 3. The molecule has 0 bridgehead atoms. The van der Waals surface area contributed by atoms with Crippen LogP contribution in [0.4, 0.5) is 24.7 Å². The highest BCUT2D eigenvalue weighted by Crippen LogP contribution is 2.30. The average molecular weight is 376 g/mol. The summed E-state index contributed by atoms with van der Waals surface area (Å²) in [5.41, 5.74) is 7.92. The summed E-state index contributed by atoms with van der Waals surface area (Å²) < 4.78 is 37.9. The Bertz CT molecular complexity index is 978. The summed E-state index contributed by atoms with van der Waals surface area (Å²) >= 11 is 4.25. The predicted octanol–water partition coefficient (Wildman–Crippen LogP) is 4.97. The van der Waals surface area contributed by atoms with Gasteiger partial charge in [0.15, 0.2) is 0 Å². The summed E-state index contributed by atoms with van der Waals surface area (Å²) in [6, 6.07) is 9.50. The van der Waals surface area contributed by atoms with Crippen LogP contribution >= 0.6 is 12.6 Å². The van der Waals surface area contributed by atoms with E-state index in [1.165, 1.54) is 6.07 Å². The molecule has 0 aliphatic carbocycles. The van der Waals surface area contributed by atoms with Crippen molar-refractivity contribution in [3.8, 4) is 0 Å². The molecule has 3 aromatic rings. The Hall–Kier alpha value is -2.74. The molecule has 2 heterocycles. The molecule has 0 fully saturated rings. The van der Waals surface area contributed by atoms with E-state index in [0.29, 0.717) is 27.6 Å². The Kier molecular flexibility index (Phi) is 4.78. The van der Waals surface area contributed by atoms with Crippen molar-refractivity contribution in [2.24, 2.45) is 5.73 Å². The van der Waals surface area contributed by atoms with Crippen molar-refractivity contribution in [3.63, 3.8) is 0 Å². The van der Waals surface area contributed by atoms with Gasteiger partial charge in [0.1, 0.15) is 5.82 Å². The van der Waals surface area contributed by atoms with E-state index in [-0.39, 0.29) is 0 Å². The number of pyridine rings is 2. The van der Waals surface area contributed by atoms with Crippen molar-refractivity contribution >= 4 is 40.7 Å². The Morgan fingerprint density at radius 3 is 2.50 bits per heavy atom. The second-order valence-corrected chi connectivity index (χ2v) is 6.32. The van der Waals surface area contributed by atoms with Gasteiger partial charge in [-0.25, -0.2) is 4.98 Å². The van der Waals surface area contributed by atoms with Gasteiger partial charge in [-0.2, -0.15) is 13.2 Å². The molecule has 0 aliphatic rings. The number of rotatable bonds is 3. The fourth-order valence-electron chi connectivity index (χ4n) is 2.41. The van der Waals surface area contributed by atoms with E-state index in [1.807, 2.05) is 18.2 Å². The number of allylic oxidation sites excluding steroid dienone is 1. The number of fused-ring (bicyclic) bond motifs is 1. The molecule has 4 nitrogen and oxygen atoms in total. The van der Waals surface area contributed by atoms with E-state index in [4.69, 9.17) is 5.73 Å². The molecule has 8 heteroatoms. The number of nitrogens with two attached hydrogens (primary N) is 1. The highest BCUT2D eigenvalue weighted by atomic mass is 32.1. The maximum atomic E-state index is 12.6. The van der Waals surface area contributed by atoms with E-state index in [9.17, 15) is 13.2 Å². The number of hydrogen-bond acceptors (Lipinski definition) is 5. The first-order chi connectivity index (χ1) is 12.3. The van der Waals surface area contributed by atoms with Gasteiger partial charge < -0.3 is 11.1 Å². The summed E-state index contributed by atoms with van der Waals surface area (Å²) in [4.78, 5) is 8.85. The van der Waals surface area contributed by atoms with Crippen LogP contribution in [0.3, 0.4) is 0 Å². The van der Waals surface area contributed by atoms with E-state index in [0.717, 1.165) is 23.2 Å². The van der Waals surface area contributed by atoms with Crippen molar-refractivity contribution in [2.45, 2.75) is 13.1 Å². The summed E-state index contributed by atoms with van der Waals surface area (Å²) in [5, 5.41) is 3.81. The van der Waals surface area contributed by atoms with Gasteiger partial charge in [0.05, 0.1) is 16.8 Å². The minimum atomic E-state index is -4.41. The van der Waals surface area contributed by atoms with Crippen molar-refractivity contribution in [1.29, 1.82) is 0 Å². The molecule has 0 unspecified atom stereocenters. The molecule has 134 valence electrons. The first-order valence-corrected chi connectivity index (χ1v) is 8.05. The zero-order valence-corrected chi connectivity index (χ0v) is 14.6. The molecule has 26 heavy (non-hydrogen) atoms. The van der Waals surface area contributed by atoms with Gasteiger partial charge in [-0.15, -0.1) is 12.6 Å². The molecular weight excluding hydrogens is 361 g/mol. The number of nitrogens with zero attached hydrogens (tertiary/aromatic N) is 2. The van der Waals surface area contributed by atoms with Crippen LogP contribution in [0, 0.1) is 0 Å². The summed E-state index contributed by atoms with van der Waals surface area (Å²) in [7, 11) is 0. The lowest BCUT2D eigenvalue weighted by atomic mass is 10.1. The van der Waals surface area contributed by atoms with E-state index >= 15 is 0 Å². The Labute approximate surface area is 153 Å². The van der Waals surface area contributed by atoms with Crippen LogP contribution in [0.15, 0.2) is 53.7 Å². The second kappa shape index (κ2) is 6.87. The van der Waals surface area contributed by atoms with Crippen molar-refractivity contribution in [3.05, 3.63) is 64.8 Å². The predicted molar refractivity (Wildman–Crippen MR) is 100 cm³/mol. The molecule has 0 atom stereocenters. The molecule has 0 aliphatic heterocycles. The lowest BCUT2D eigenvalue weighted by Gasteiger charge is -2.11. The van der Waals surface area contributed by atoms with Gasteiger partial charge in [0, 0.05) is 33.9 Å². The van der Waals surface area contributed by atoms with Gasteiger partial charge in [0.2, 0.25) is 0 Å². The van der Waals surface area contributed by atoms with Gasteiger partial charge in [0.25, 0.3) is 0 Å². The van der Waals surface area contributed by atoms with Gasteiger partial charge >= 0.3 is 6.18 Å². The zero-order chi connectivity index (χ0) is 18.9. The normalized spacial score (nSPS) is 12.8. The van der Waals surface area contributed by atoms with Gasteiger partial charge in [-0.05, 0) is 31.2 Å².